The van der Waals surface area contributed by atoms with E-state index in [1.165, 1.54) is 19.4 Å². The third-order valence-corrected chi connectivity index (χ3v) is 6.17. The van der Waals surface area contributed by atoms with Crippen molar-refractivity contribution in [3.63, 3.8) is 0 Å². The van der Waals surface area contributed by atoms with E-state index in [-0.39, 0.29) is 41.2 Å². The first-order chi connectivity index (χ1) is 12.1. The maximum absolute atomic E-state index is 12.8. The first kappa shape index (κ1) is 14.7. The summed E-state index contributed by atoms with van der Waals surface area (Å²) in [5.41, 5.74) is 0.647. The molecule has 6 nitrogen and oxygen atoms in total. The molecule has 1 saturated heterocycles. The molecule has 0 spiro atoms. The Labute approximate surface area is 144 Å². The number of hydrogen-bond donors (Lipinski definition) is 1. The zero-order valence-corrected chi connectivity index (χ0v) is 13.7. The summed E-state index contributed by atoms with van der Waals surface area (Å²) in [4.78, 5) is 25.6. The summed E-state index contributed by atoms with van der Waals surface area (Å²) in [7, 11) is 1.46. The lowest BCUT2D eigenvalue weighted by atomic mass is 9.63. The molecule has 1 heterocycles. The molecule has 4 aliphatic carbocycles. The van der Waals surface area contributed by atoms with Crippen LogP contribution in [-0.4, -0.2) is 35.3 Å². The number of methoxy groups -OCH3 is 1. The number of nitrogens with zero attached hydrogens (tertiary/aromatic N) is 2. The van der Waals surface area contributed by atoms with Crippen molar-refractivity contribution in [2.24, 2.45) is 40.6 Å². The topological polar surface area (TPSA) is 79.2 Å². The molecule has 1 aliphatic heterocycles. The van der Waals surface area contributed by atoms with Crippen molar-refractivity contribution in [3.05, 3.63) is 35.9 Å². The maximum Gasteiger partial charge on any atom is 0.254 e. The number of hydrazone groups is 1. The minimum Gasteiger partial charge on any atom is -0.504 e. The fourth-order valence-electron chi connectivity index (χ4n) is 4.95. The fourth-order valence-corrected chi connectivity index (χ4v) is 4.95. The Morgan fingerprint density at radius 3 is 2.40 bits per heavy atom. The lowest BCUT2D eigenvalue weighted by Gasteiger charge is -2.37. The highest BCUT2D eigenvalue weighted by Gasteiger charge is 2.67. The smallest absolute Gasteiger partial charge is 0.254 e. The van der Waals surface area contributed by atoms with Gasteiger partial charge in [0.15, 0.2) is 11.5 Å². The molecule has 128 valence electrons. The minimum atomic E-state index is -0.238. The second-order valence-corrected chi connectivity index (χ2v) is 7.32. The molecule has 2 saturated carbocycles. The Morgan fingerprint density at radius 1 is 1.16 bits per heavy atom. The van der Waals surface area contributed by atoms with Crippen molar-refractivity contribution in [3.8, 4) is 11.5 Å². The lowest BCUT2D eigenvalue weighted by molar-refractivity contribution is -0.140. The minimum absolute atomic E-state index is 0.0286. The number of imide groups is 1. The molecule has 0 aromatic heterocycles. The lowest BCUT2D eigenvalue weighted by Crippen LogP contribution is -2.40. The molecule has 1 aromatic carbocycles. The van der Waals surface area contributed by atoms with Crippen LogP contribution in [0.5, 0.6) is 11.5 Å². The second-order valence-electron chi connectivity index (χ2n) is 7.32. The molecular weight excluding hydrogens is 320 g/mol. The van der Waals surface area contributed by atoms with Crippen LogP contribution in [-0.2, 0) is 9.59 Å². The Morgan fingerprint density at radius 2 is 1.80 bits per heavy atom. The van der Waals surface area contributed by atoms with Gasteiger partial charge in [0.1, 0.15) is 0 Å². The van der Waals surface area contributed by atoms with E-state index in [4.69, 9.17) is 4.74 Å². The molecule has 6 heteroatoms. The van der Waals surface area contributed by atoms with Gasteiger partial charge < -0.3 is 9.84 Å². The van der Waals surface area contributed by atoms with Crippen molar-refractivity contribution in [2.45, 2.75) is 6.42 Å². The number of hydrogen-bond acceptors (Lipinski definition) is 5. The maximum atomic E-state index is 12.8. The Kier molecular flexibility index (Phi) is 2.90. The number of aromatic hydroxyl groups is 1. The van der Waals surface area contributed by atoms with Crippen LogP contribution >= 0.6 is 0 Å². The van der Waals surface area contributed by atoms with Crippen molar-refractivity contribution >= 4 is 18.0 Å². The van der Waals surface area contributed by atoms with Gasteiger partial charge in [0.25, 0.3) is 11.8 Å². The summed E-state index contributed by atoms with van der Waals surface area (Å²) in [6.45, 7) is 0. The number of phenolic OH excluding ortho intramolecular Hbond substituents is 1. The summed E-state index contributed by atoms with van der Waals surface area (Å²) >= 11 is 0. The van der Waals surface area contributed by atoms with E-state index in [9.17, 15) is 14.7 Å². The van der Waals surface area contributed by atoms with E-state index in [0.717, 1.165) is 11.4 Å². The molecular formula is C19H18N2O4. The van der Waals surface area contributed by atoms with Crippen LogP contribution in [0.3, 0.4) is 0 Å². The van der Waals surface area contributed by atoms with Crippen LogP contribution in [0.4, 0.5) is 0 Å². The zero-order chi connectivity index (χ0) is 17.3. The number of allylic oxidation sites excluding steroid dienone is 2. The number of carbonyl (C=O) groups is 2. The molecule has 3 fully saturated rings. The normalized spacial score (nSPS) is 37.6. The third kappa shape index (κ3) is 1.94. The number of phenols is 1. The highest BCUT2D eigenvalue weighted by molar-refractivity contribution is 6.06. The summed E-state index contributed by atoms with van der Waals surface area (Å²) in [6.07, 6.45) is 6.89. The molecule has 25 heavy (non-hydrogen) atoms. The van der Waals surface area contributed by atoms with E-state index >= 15 is 0 Å². The predicted molar refractivity (Wildman–Crippen MR) is 88.8 cm³/mol. The summed E-state index contributed by atoms with van der Waals surface area (Å²) in [5.74, 6) is 1.08. The Balaban J connectivity index is 1.42. The molecule has 1 N–H and O–H groups in total. The SMILES string of the molecule is COc1cc(/C=N\N2C(=O)[C@@H]3[C@H]4C=C[C@@H]([C@@H]5C[C@@H]45)[C@H]3C2=O)ccc1O. The van der Waals surface area contributed by atoms with Crippen molar-refractivity contribution in [1.29, 1.82) is 0 Å². The van der Waals surface area contributed by atoms with Gasteiger partial charge in [0, 0.05) is 0 Å². The quantitative estimate of drug-likeness (QED) is 0.518. The van der Waals surface area contributed by atoms with Gasteiger partial charge in [-0.3, -0.25) is 9.59 Å². The van der Waals surface area contributed by atoms with Crippen LogP contribution in [0.25, 0.3) is 0 Å². The van der Waals surface area contributed by atoms with Gasteiger partial charge in [-0.2, -0.15) is 10.1 Å². The number of rotatable bonds is 3. The number of benzene rings is 1. The molecule has 5 aliphatic rings. The average Bonchev–Trinajstić information content (AvgIpc) is 3.40. The van der Waals surface area contributed by atoms with Crippen LogP contribution in [0.1, 0.15) is 12.0 Å². The molecule has 2 bridgehead atoms. The van der Waals surface area contributed by atoms with E-state index in [0.29, 0.717) is 23.1 Å². The predicted octanol–water partition coefficient (Wildman–Crippen LogP) is 1.79. The van der Waals surface area contributed by atoms with Crippen molar-refractivity contribution in [1.82, 2.24) is 5.01 Å². The van der Waals surface area contributed by atoms with Crippen LogP contribution in [0, 0.1) is 35.5 Å². The highest BCUT2D eigenvalue weighted by Crippen LogP contribution is 2.65. The average molecular weight is 338 g/mol. The van der Waals surface area contributed by atoms with Crippen LogP contribution in [0.15, 0.2) is 35.5 Å². The molecule has 0 radical (unpaired) electrons. The Bertz CT molecular complexity index is 810. The molecule has 6 atom stereocenters. The largest absolute Gasteiger partial charge is 0.504 e. The molecule has 1 aromatic rings. The number of ether oxygens (including phenoxy) is 1. The monoisotopic (exact) mass is 338 g/mol. The van der Waals surface area contributed by atoms with Gasteiger partial charge in [-0.15, -0.1) is 0 Å². The summed E-state index contributed by atoms with van der Waals surface area (Å²) in [5, 5.41) is 14.9. The van der Waals surface area contributed by atoms with E-state index in [1.807, 2.05) is 0 Å². The molecule has 2 amide bonds. The van der Waals surface area contributed by atoms with E-state index in [2.05, 4.69) is 17.3 Å². The number of amides is 2. The number of carbonyl (C=O) groups excluding carboxylic acids is 2. The second kappa shape index (κ2) is 4.94. The van der Waals surface area contributed by atoms with Gasteiger partial charge in [-0.05, 0) is 53.9 Å². The van der Waals surface area contributed by atoms with Crippen molar-refractivity contribution < 1.29 is 19.4 Å². The fraction of sp³-hybridized carbons (Fsp3) is 0.421. The van der Waals surface area contributed by atoms with Crippen LogP contribution < -0.4 is 4.74 Å². The van der Waals surface area contributed by atoms with Gasteiger partial charge in [-0.25, -0.2) is 0 Å². The first-order valence-corrected chi connectivity index (χ1v) is 8.57. The standard InChI is InChI=1S/C19H18N2O4/c1-25-15-6-9(2-5-14(15)22)8-20-21-18(23)16-10-3-4-11(13-7-12(10)13)17(16)19(21)24/h2-6,8,10-13,16-17,22H,7H2,1H3/b20-8-/t10-,11-,12-,13-,16+,17+/m0/s1. The molecule has 6 rings (SSSR count). The van der Waals surface area contributed by atoms with Gasteiger partial charge >= 0.3 is 0 Å². The molecule has 0 unspecified atom stereocenters. The third-order valence-electron chi connectivity index (χ3n) is 6.17. The summed E-state index contributed by atoms with van der Waals surface area (Å²) < 4.78 is 5.06. The summed E-state index contributed by atoms with van der Waals surface area (Å²) in [6, 6.07) is 4.75. The van der Waals surface area contributed by atoms with Gasteiger partial charge in [-0.1, -0.05) is 12.2 Å². The first-order valence-electron chi connectivity index (χ1n) is 8.57. The van der Waals surface area contributed by atoms with E-state index in [1.54, 1.807) is 12.1 Å². The Hall–Kier alpha value is -2.63. The van der Waals surface area contributed by atoms with Crippen molar-refractivity contribution in [2.75, 3.05) is 7.11 Å². The van der Waals surface area contributed by atoms with Gasteiger partial charge in [0.2, 0.25) is 0 Å². The van der Waals surface area contributed by atoms with E-state index < -0.39 is 0 Å². The zero-order valence-electron chi connectivity index (χ0n) is 13.7. The van der Waals surface area contributed by atoms with Gasteiger partial charge in [0.05, 0.1) is 25.2 Å². The van der Waals surface area contributed by atoms with Crippen LogP contribution in [0.2, 0.25) is 0 Å². The highest BCUT2D eigenvalue weighted by atomic mass is 16.5.